The highest BCUT2D eigenvalue weighted by molar-refractivity contribution is 5.84. The summed E-state index contributed by atoms with van der Waals surface area (Å²) < 4.78 is 1.86. The highest BCUT2D eigenvalue weighted by Crippen LogP contribution is 2.15. The molecule has 4 nitrogen and oxygen atoms in total. The molecule has 0 aliphatic rings. The Bertz CT molecular complexity index is 390. The van der Waals surface area contributed by atoms with Gasteiger partial charge in [-0.15, -0.1) is 0 Å². The first-order valence-electron chi connectivity index (χ1n) is 3.30. The normalized spacial score (nSPS) is 10.6. The Hall–Kier alpha value is -1.58. The fourth-order valence-corrected chi connectivity index (χ4v) is 1.13. The Kier molecular flexibility index (Phi) is 1.09. The van der Waals surface area contributed by atoms with Crippen LogP contribution in [-0.2, 0) is 7.05 Å². The van der Waals surface area contributed by atoms with E-state index in [0.29, 0.717) is 5.82 Å². The maximum absolute atomic E-state index is 5.63. The van der Waals surface area contributed by atoms with Crippen LogP contribution in [0.1, 0.15) is 0 Å². The molecule has 0 saturated heterocycles. The van der Waals surface area contributed by atoms with E-state index >= 15 is 0 Å². The third kappa shape index (κ3) is 0.756. The first-order chi connectivity index (χ1) is 5.29. The van der Waals surface area contributed by atoms with Crippen molar-refractivity contribution in [1.82, 2.24) is 14.5 Å². The van der Waals surface area contributed by atoms with Gasteiger partial charge in [-0.3, -0.25) is 0 Å². The first-order valence-corrected chi connectivity index (χ1v) is 3.30. The molecule has 2 aromatic heterocycles. The predicted molar refractivity (Wildman–Crippen MR) is 42.9 cm³/mol. The molecule has 56 valence electrons. The van der Waals surface area contributed by atoms with E-state index in [1.54, 1.807) is 12.5 Å². The largest absolute Gasteiger partial charge is 0.382 e. The number of hydrogen-bond acceptors (Lipinski definition) is 3. The van der Waals surface area contributed by atoms with E-state index in [4.69, 9.17) is 5.73 Å². The average Bonchev–Trinajstić information content (AvgIpc) is 2.34. The Balaban J connectivity index is 2.96. The van der Waals surface area contributed by atoms with E-state index in [1.165, 1.54) is 0 Å². The van der Waals surface area contributed by atoms with Crippen molar-refractivity contribution >= 4 is 16.9 Å². The number of aromatic nitrogens is 3. The van der Waals surface area contributed by atoms with Crippen LogP contribution < -0.4 is 5.73 Å². The zero-order chi connectivity index (χ0) is 7.84. The van der Waals surface area contributed by atoms with Gasteiger partial charge in [-0.1, -0.05) is 0 Å². The fourth-order valence-electron chi connectivity index (χ4n) is 1.13. The quantitative estimate of drug-likeness (QED) is 0.593. The van der Waals surface area contributed by atoms with Crippen LogP contribution in [0.2, 0.25) is 0 Å². The lowest BCUT2D eigenvalue weighted by atomic mass is 10.4. The molecule has 0 atom stereocenters. The molecule has 0 amide bonds. The number of imidazole rings is 1. The van der Waals surface area contributed by atoms with Gasteiger partial charge in [0.2, 0.25) is 0 Å². The minimum atomic E-state index is 0.530. The van der Waals surface area contributed by atoms with Crippen molar-refractivity contribution in [3.8, 4) is 0 Å². The van der Waals surface area contributed by atoms with E-state index in [0.717, 1.165) is 11.0 Å². The molecule has 0 bridgehead atoms. The number of nitrogen functional groups attached to an aromatic ring is 1. The molecule has 0 radical (unpaired) electrons. The SMILES string of the molecule is Cn1cnc2ccnc(N)c21. The summed E-state index contributed by atoms with van der Waals surface area (Å²) in [4.78, 5) is 8.08. The smallest absolute Gasteiger partial charge is 0.149 e. The average molecular weight is 148 g/mol. The van der Waals surface area contributed by atoms with E-state index < -0.39 is 0 Å². The van der Waals surface area contributed by atoms with E-state index in [1.807, 2.05) is 17.7 Å². The number of hydrogen-bond donors (Lipinski definition) is 1. The molecule has 0 unspecified atom stereocenters. The summed E-state index contributed by atoms with van der Waals surface area (Å²) in [5.41, 5.74) is 7.41. The number of pyridine rings is 1. The van der Waals surface area contributed by atoms with Gasteiger partial charge in [0.05, 0.1) is 11.8 Å². The topological polar surface area (TPSA) is 56.7 Å². The van der Waals surface area contributed by atoms with Crippen LogP contribution in [0, 0.1) is 0 Å². The van der Waals surface area contributed by atoms with Crippen molar-refractivity contribution in [3.63, 3.8) is 0 Å². The lowest BCUT2D eigenvalue weighted by Crippen LogP contribution is -1.94. The van der Waals surface area contributed by atoms with Crippen LogP contribution in [0.4, 0.5) is 5.82 Å². The third-order valence-corrected chi connectivity index (χ3v) is 1.65. The second-order valence-corrected chi connectivity index (χ2v) is 2.42. The molecule has 11 heavy (non-hydrogen) atoms. The van der Waals surface area contributed by atoms with Crippen LogP contribution in [0.25, 0.3) is 11.0 Å². The zero-order valence-electron chi connectivity index (χ0n) is 6.15. The summed E-state index contributed by atoms with van der Waals surface area (Å²) in [7, 11) is 1.90. The number of nitrogens with two attached hydrogens (primary N) is 1. The third-order valence-electron chi connectivity index (χ3n) is 1.65. The number of nitrogens with zero attached hydrogens (tertiary/aromatic N) is 3. The zero-order valence-corrected chi connectivity index (χ0v) is 6.15. The summed E-state index contributed by atoms with van der Waals surface area (Å²) in [5.74, 6) is 0.530. The molecule has 0 fully saturated rings. The van der Waals surface area contributed by atoms with Crippen molar-refractivity contribution in [2.75, 3.05) is 5.73 Å². The van der Waals surface area contributed by atoms with Crippen LogP contribution in [0.3, 0.4) is 0 Å². The summed E-state index contributed by atoms with van der Waals surface area (Å²) in [6.45, 7) is 0. The molecule has 0 saturated carbocycles. The van der Waals surface area contributed by atoms with Crippen molar-refractivity contribution in [2.24, 2.45) is 7.05 Å². The Morgan fingerprint density at radius 2 is 2.27 bits per heavy atom. The van der Waals surface area contributed by atoms with Gasteiger partial charge in [-0.25, -0.2) is 9.97 Å². The summed E-state index contributed by atoms with van der Waals surface area (Å²) >= 11 is 0. The highest BCUT2D eigenvalue weighted by atomic mass is 15.0. The van der Waals surface area contributed by atoms with Crippen LogP contribution >= 0.6 is 0 Å². The molecular formula is C7H8N4. The minimum absolute atomic E-state index is 0.530. The Morgan fingerprint density at radius 3 is 3.00 bits per heavy atom. The van der Waals surface area contributed by atoms with Gasteiger partial charge in [0, 0.05) is 13.2 Å². The fraction of sp³-hybridized carbons (Fsp3) is 0.143. The summed E-state index contributed by atoms with van der Waals surface area (Å²) in [5, 5.41) is 0. The Labute approximate surface area is 63.7 Å². The molecule has 2 rings (SSSR count). The highest BCUT2D eigenvalue weighted by Gasteiger charge is 2.01. The van der Waals surface area contributed by atoms with E-state index in [-0.39, 0.29) is 0 Å². The molecule has 4 heteroatoms. The van der Waals surface area contributed by atoms with Gasteiger partial charge >= 0.3 is 0 Å². The van der Waals surface area contributed by atoms with Crippen molar-refractivity contribution in [1.29, 1.82) is 0 Å². The first kappa shape index (κ1) is 6.15. The van der Waals surface area contributed by atoms with Crippen molar-refractivity contribution in [2.45, 2.75) is 0 Å². The molecule has 0 aromatic carbocycles. The lowest BCUT2D eigenvalue weighted by molar-refractivity contribution is 0.946. The van der Waals surface area contributed by atoms with Crippen LogP contribution in [0.5, 0.6) is 0 Å². The number of aryl methyl sites for hydroxylation is 1. The summed E-state index contributed by atoms with van der Waals surface area (Å²) in [6, 6.07) is 1.84. The van der Waals surface area contributed by atoms with Gasteiger partial charge < -0.3 is 10.3 Å². The molecule has 2 aromatic rings. The minimum Gasteiger partial charge on any atom is -0.382 e. The van der Waals surface area contributed by atoms with Crippen LogP contribution in [0.15, 0.2) is 18.6 Å². The molecule has 2 N–H and O–H groups in total. The second kappa shape index (κ2) is 1.95. The van der Waals surface area contributed by atoms with Gasteiger partial charge in [0.15, 0.2) is 0 Å². The number of anilines is 1. The van der Waals surface area contributed by atoms with Gasteiger partial charge in [-0.2, -0.15) is 0 Å². The van der Waals surface area contributed by atoms with E-state index in [9.17, 15) is 0 Å². The standard InChI is InChI=1S/C7H8N4/c1-11-4-10-5-2-3-9-7(8)6(5)11/h2-4H,1H3,(H2,8,9). The second-order valence-electron chi connectivity index (χ2n) is 2.42. The van der Waals surface area contributed by atoms with Gasteiger partial charge in [0.1, 0.15) is 11.3 Å². The number of fused-ring (bicyclic) bond motifs is 1. The molecule has 0 aliphatic carbocycles. The predicted octanol–water partition coefficient (Wildman–Crippen LogP) is 0.550. The van der Waals surface area contributed by atoms with Gasteiger partial charge in [0.25, 0.3) is 0 Å². The van der Waals surface area contributed by atoms with E-state index in [2.05, 4.69) is 9.97 Å². The maximum Gasteiger partial charge on any atom is 0.149 e. The molecule has 0 aliphatic heterocycles. The molecule has 0 spiro atoms. The van der Waals surface area contributed by atoms with Crippen molar-refractivity contribution in [3.05, 3.63) is 18.6 Å². The van der Waals surface area contributed by atoms with Crippen LogP contribution in [-0.4, -0.2) is 14.5 Å². The van der Waals surface area contributed by atoms with Gasteiger partial charge in [-0.05, 0) is 6.07 Å². The molecule has 2 heterocycles. The monoisotopic (exact) mass is 148 g/mol. The lowest BCUT2D eigenvalue weighted by Gasteiger charge is -1.95. The maximum atomic E-state index is 5.63. The summed E-state index contributed by atoms with van der Waals surface area (Å²) in [6.07, 6.45) is 3.38. The Morgan fingerprint density at radius 1 is 1.45 bits per heavy atom. The molecular weight excluding hydrogens is 140 g/mol. The van der Waals surface area contributed by atoms with Crippen molar-refractivity contribution < 1.29 is 0 Å². The number of rotatable bonds is 0.